The van der Waals surface area contributed by atoms with Crippen LogP contribution in [-0.2, 0) is 10.0 Å². The van der Waals surface area contributed by atoms with Gasteiger partial charge in [0.05, 0.1) is 4.90 Å². The molecule has 0 saturated carbocycles. The highest BCUT2D eigenvalue weighted by molar-refractivity contribution is 7.89. The van der Waals surface area contributed by atoms with Crippen molar-refractivity contribution in [2.45, 2.75) is 25.2 Å². The number of halogens is 1. The first-order valence-electron chi connectivity index (χ1n) is 8.93. The highest BCUT2D eigenvalue weighted by atomic mass is 35.5. The molecule has 1 fully saturated rings. The Morgan fingerprint density at radius 1 is 1.00 bits per heavy atom. The Kier molecular flexibility index (Phi) is 5.89. The molecule has 1 amide bonds. The Bertz CT molecular complexity index is 901. The maximum atomic E-state index is 12.9. The van der Waals surface area contributed by atoms with Crippen molar-refractivity contribution in [2.75, 3.05) is 18.4 Å². The van der Waals surface area contributed by atoms with Gasteiger partial charge in [0.1, 0.15) is 0 Å². The van der Waals surface area contributed by atoms with Gasteiger partial charge in [0.2, 0.25) is 10.0 Å². The van der Waals surface area contributed by atoms with Gasteiger partial charge in [-0.1, -0.05) is 25.4 Å². The molecule has 5 nitrogen and oxygen atoms in total. The number of piperidine rings is 1. The molecule has 27 heavy (non-hydrogen) atoms. The molecule has 2 atom stereocenters. The third-order valence-corrected chi connectivity index (χ3v) is 6.79. The molecule has 0 radical (unpaired) electrons. The number of hydrogen-bond acceptors (Lipinski definition) is 3. The summed E-state index contributed by atoms with van der Waals surface area (Å²) in [4.78, 5) is 12.6. The van der Waals surface area contributed by atoms with E-state index in [9.17, 15) is 13.2 Å². The Labute approximate surface area is 165 Å². The summed E-state index contributed by atoms with van der Waals surface area (Å²) >= 11 is 5.83. The molecule has 0 spiro atoms. The summed E-state index contributed by atoms with van der Waals surface area (Å²) in [6, 6.07) is 12.9. The maximum Gasteiger partial charge on any atom is 0.255 e. The fraction of sp³-hybridized carbons (Fsp3) is 0.350. The molecular formula is C20H23ClN2O3S. The highest BCUT2D eigenvalue weighted by Crippen LogP contribution is 2.27. The van der Waals surface area contributed by atoms with Gasteiger partial charge in [-0.05, 0) is 66.8 Å². The molecule has 0 bridgehead atoms. The van der Waals surface area contributed by atoms with E-state index in [2.05, 4.69) is 19.2 Å². The average Bonchev–Trinajstić information content (AvgIpc) is 2.63. The lowest BCUT2D eigenvalue weighted by Gasteiger charge is -2.34. The smallest absolute Gasteiger partial charge is 0.255 e. The molecule has 7 heteroatoms. The summed E-state index contributed by atoms with van der Waals surface area (Å²) < 4.78 is 27.3. The van der Waals surface area contributed by atoms with Crippen LogP contribution in [0, 0.1) is 11.8 Å². The lowest BCUT2D eigenvalue weighted by molar-refractivity contribution is 0.102. The van der Waals surface area contributed by atoms with Crippen molar-refractivity contribution in [2.24, 2.45) is 11.8 Å². The van der Waals surface area contributed by atoms with Crippen molar-refractivity contribution in [3.05, 3.63) is 59.1 Å². The molecule has 1 aliphatic rings. The van der Waals surface area contributed by atoms with Gasteiger partial charge in [-0.25, -0.2) is 8.42 Å². The Morgan fingerprint density at radius 3 is 2.11 bits per heavy atom. The first kappa shape index (κ1) is 19.9. The van der Waals surface area contributed by atoms with Crippen LogP contribution >= 0.6 is 11.6 Å². The average molecular weight is 407 g/mol. The predicted octanol–water partition coefficient (Wildman–Crippen LogP) is 4.26. The molecule has 1 saturated heterocycles. The van der Waals surface area contributed by atoms with Crippen LogP contribution < -0.4 is 5.32 Å². The normalized spacial score (nSPS) is 21.0. The van der Waals surface area contributed by atoms with Crippen molar-refractivity contribution in [1.29, 1.82) is 0 Å². The van der Waals surface area contributed by atoms with Crippen molar-refractivity contribution >= 4 is 33.2 Å². The molecule has 144 valence electrons. The molecule has 0 aliphatic carbocycles. The second-order valence-electron chi connectivity index (χ2n) is 7.25. The van der Waals surface area contributed by atoms with E-state index in [1.54, 1.807) is 28.6 Å². The van der Waals surface area contributed by atoms with E-state index in [4.69, 9.17) is 11.6 Å². The van der Waals surface area contributed by atoms with Gasteiger partial charge >= 0.3 is 0 Å². The van der Waals surface area contributed by atoms with E-state index in [1.807, 2.05) is 0 Å². The van der Waals surface area contributed by atoms with Gasteiger partial charge in [-0.3, -0.25) is 4.79 Å². The zero-order valence-electron chi connectivity index (χ0n) is 15.4. The van der Waals surface area contributed by atoms with Gasteiger partial charge in [-0.15, -0.1) is 0 Å². The standard InChI is InChI=1S/C20H23ClN2O3S/c1-14-11-15(2)13-23(12-14)27(25,26)19-9-3-16(4-10-19)20(24)22-18-7-5-17(21)6-8-18/h3-10,14-15H,11-13H2,1-2H3,(H,22,24). The summed E-state index contributed by atoms with van der Waals surface area (Å²) in [7, 11) is -3.55. The van der Waals surface area contributed by atoms with Crippen LogP contribution in [0.1, 0.15) is 30.6 Å². The van der Waals surface area contributed by atoms with Crippen LogP contribution in [0.25, 0.3) is 0 Å². The van der Waals surface area contributed by atoms with Gasteiger partial charge in [-0.2, -0.15) is 4.31 Å². The zero-order valence-corrected chi connectivity index (χ0v) is 16.9. The van der Waals surface area contributed by atoms with Crippen LogP contribution in [0.15, 0.2) is 53.4 Å². The van der Waals surface area contributed by atoms with Crippen LogP contribution in [0.5, 0.6) is 0 Å². The Hall–Kier alpha value is -1.89. The molecule has 0 aromatic heterocycles. The van der Waals surface area contributed by atoms with Crippen molar-refractivity contribution in [3.63, 3.8) is 0 Å². The van der Waals surface area contributed by atoms with Gasteiger partial charge in [0.25, 0.3) is 5.91 Å². The number of carbonyl (C=O) groups is 1. The maximum absolute atomic E-state index is 12.9. The molecule has 1 aliphatic heterocycles. The molecule has 1 N–H and O–H groups in total. The van der Waals surface area contributed by atoms with Crippen molar-refractivity contribution < 1.29 is 13.2 Å². The minimum Gasteiger partial charge on any atom is -0.322 e. The number of benzene rings is 2. The van der Waals surface area contributed by atoms with Crippen LogP contribution in [0.3, 0.4) is 0 Å². The third kappa shape index (κ3) is 4.69. The van der Waals surface area contributed by atoms with E-state index in [1.165, 1.54) is 24.3 Å². The van der Waals surface area contributed by atoms with E-state index in [0.29, 0.717) is 41.2 Å². The van der Waals surface area contributed by atoms with Crippen LogP contribution in [-0.4, -0.2) is 31.7 Å². The van der Waals surface area contributed by atoms with Crippen LogP contribution in [0.2, 0.25) is 5.02 Å². The monoisotopic (exact) mass is 406 g/mol. The third-order valence-electron chi connectivity index (χ3n) is 4.69. The van der Waals surface area contributed by atoms with Crippen molar-refractivity contribution in [3.8, 4) is 0 Å². The first-order chi connectivity index (χ1) is 12.8. The lowest BCUT2D eigenvalue weighted by atomic mass is 9.94. The summed E-state index contributed by atoms with van der Waals surface area (Å²) in [6.45, 7) is 5.21. The molecular weight excluding hydrogens is 384 g/mol. The van der Waals surface area contributed by atoms with Gasteiger partial charge in [0.15, 0.2) is 0 Å². The Balaban J connectivity index is 1.74. The topological polar surface area (TPSA) is 66.5 Å². The number of rotatable bonds is 4. The fourth-order valence-electron chi connectivity index (χ4n) is 3.47. The highest BCUT2D eigenvalue weighted by Gasteiger charge is 2.31. The van der Waals surface area contributed by atoms with E-state index < -0.39 is 10.0 Å². The lowest BCUT2D eigenvalue weighted by Crippen LogP contribution is -2.42. The number of nitrogens with zero attached hydrogens (tertiary/aromatic N) is 1. The molecule has 3 rings (SSSR count). The van der Waals surface area contributed by atoms with Crippen LogP contribution in [0.4, 0.5) is 5.69 Å². The summed E-state index contributed by atoms with van der Waals surface area (Å²) in [5, 5.41) is 3.35. The predicted molar refractivity (Wildman–Crippen MR) is 108 cm³/mol. The van der Waals surface area contributed by atoms with Gasteiger partial charge in [0, 0.05) is 29.4 Å². The second kappa shape index (κ2) is 8.00. The number of hydrogen-bond donors (Lipinski definition) is 1. The largest absolute Gasteiger partial charge is 0.322 e. The first-order valence-corrected chi connectivity index (χ1v) is 10.7. The molecule has 2 unspecified atom stereocenters. The van der Waals surface area contributed by atoms with E-state index >= 15 is 0 Å². The summed E-state index contributed by atoms with van der Waals surface area (Å²) in [5.74, 6) is 0.377. The SMILES string of the molecule is CC1CC(C)CN(S(=O)(=O)c2ccc(C(=O)Nc3ccc(Cl)cc3)cc2)C1. The molecule has 1 heterocycles. The molecule has 2 aromatic rings. The zero-order chi connectivity index (χ0) is 19.6. The van der Waals surface area contributed by atoms with Crippen molar-refractivity contribution in [1.82, 2.24) is 4.31 Å². The number of carbonyl (C=O) groups excluding carboxylic acids is 1. The summed E-state index contributed by atoms with van der Waals surface area (Å²) in [5.41, 5.74) is 1.02. The minimum absolute atomic E-state index is 0.215. The summed E-state index contributed by atoms with van der Waals surface area (Å²) in [6.07, 6.45) is 1.04. The quantitative estimate of drug-likeness (QED) is 0.824. The minimum atomic E-state index is -3.55. The van der Waals surface area contributed by atoms with E-state index in [0.717, 1.165) is 6.42 Å². The Morgan fingerprint density at radius 2 is 1.56 bits per heavy atom. The fourth-order valence-corrected chi connectivity index (χ4v) is 5.27. The number of sulfonamides is 1. The number of nitrogens with one attached hydrogen (secondary N) is 1. The second-order valence-corrected chi connectivity index (χ2v) is 9.63. The van der Waals surface area contributed by atoms with Gasteiger partial charge < -0.3 is 5.32 Å². The molecule has 2 aromatic carbocycles. The van der Waals surface area contributed by atoms with E-state index in [-0.39, 0.29) is 10.8 Å². The number of anilines is 1. The number of amides is 1.